The lowest BCUT2D eigenvalue weighted by Gasteiger charge is -2.09. The molecule has 0 radical (unpaired) electrons. The molecule has 1 aliphatic heterocycles. The molecule has 4 heteroatoms. The monoisotopic (exact) mass is 187 g/mol. The number of rotatable bonds is 6. The molecule has 76 valence electrons. The molecule has 1 rings (SSSR count). The zero-order chi connectivity index (χ0) is 9.73. The summed E-state index contributed by atoms with van der Waals surface area (Å²) in [5.74, 6) is -0.244. The van der Waals surface area contributed by atoms with Crippen LogP contribution in [0.25, 0.3) is 0 Å². The summed E-state index contributed by atoms with van der Waals surface area (Å²) < 4.78 is 10.1. The lowest BCUT2D eigenvalue weighted by Crippen LogP contribution is -2.30. The summed E-state index contributed by atoms with van der Waals surface area (Å²) in [6, 6.07) is 0. The van der Waals surface area contributed by atoms with Gasteiger partial charge < -0.3 is 15.2 Å². The second-order valence-electron chi connectivity index (χ2n) is 3.31. The van der Waals surface area contributed by atoms with E-state index >= 15 is 0 Å². The first-order valence-electron chi connectivity index (χ1n) is 4.76. The Bertz CT molecular complexity index is 178. The molecule has 0 bridgehead atoms. The van der Waals surface area contributed by atoms with Gasteiger partial charge in [-0.15, -0.1) is 0 Å². The van der Waals surface area contributed by atoms with E-state index in [1.165, 1.54) is 0 Å². The second kappa shape index (κ2) is 4.58. The maximum absolute atomic E-state index is 11.4. The molecule has 1 atom stereocenters. The van der Waals surface area contributed by atoms with Crippen LogP contribution in [0, 0.1) is 0 Å². The summed E-state index contributed by atoms with van der Waals surface area (Å²) in [4.78, 5) is 11.4. The number of hydrogen-bond acceptors (Lipinski definition) is 4. The van der Waals surface area contributed by atoms with E-state index in [1.807, 2.05) is 0 Å². The van der Waals surface area contributed by atoms with E-state index in [2.05, 4.69) is 6.92 Å². The van der Waals surface area contributed by atoms with Gasteiger partial charge in [0.2, 0.25) is 0 Å². The Labute approximate surface area is 78.4 Å². The molecular formula is C9H17NO3. The van der Waals surface area contributed by atoms with E-state index in [0.717, 1.165) is 12.8 Å². The standard InChI is InChI=1S/C9H17NO3/c1-2-3-6-12-8(11)9(4-5-10)7-13-9/h2-7,10H2,1H3/t9-/m1/s1. The summed E-state index contributed by atoms with van der Waals surface area (Å²) in [5, 5.41) is 0. The summed E-state index contributed by atoms with van der Waals surface area (Å²) in [6.07, 6.45) is 2.50. The van der Waals surface area contributed by atoms with Crippen LogP contribution >= 0.6 is 0 Å². The molecule has 1 heterocycles. The molecule has 0 unspecified atom stereocenters. The topological polar surface area (TPSA) is 64.8 Å². The van der Waals surface area contributed by atoms with E-state index in [9.17, 15) is 4.79 Å². The van der Waals surface area contributed by atoms with Crippen LogP contribution in [0.15, 0.2) is 0 Å². The third-order valence-corrected chi connectivity index (χ3v) is 2.14. The molecule has 1 fully saturated rings. The van der Waals surface area contributed by atoms with Crippen molar-refractivity contribution in [3.8, 4) is 0 Å². The van der Waals surface area contributed by atoms with Crippen LogP contribution in [0.1, 0.15) is 26.2 Å². The average Bonchev–Trinajstić information content (AvgIpc) is 2.87. The third kappa shape index (κ3) is 2.67. The van der Waals surface area contributed by atoms with Crippen molar-refractivity contribution in [1.29, 1.82) is 0 Å². The molecule has 1 aliphatic rings. The van der Waals surface area contributed by atoms with Gasteiger partial charge in [-0.1, -0.05) is 13.3 Å². The van der Waals surface area contributed by atoms with Gasteiger partial charge in [0, 0.05) is 6.42 Å². The highest BCUT2D eigenvalue weighted by molar-refractivity contribution is 5.82. The van der Waals surface area contributed by atoms with Crippen LogP contribution in [0.3, 0.4) is 0 Å². The van der Waals surface area contributed by atoms with Gasteiger partial charge in [0.05, 0.1) is 13.2 Å². The predicted molar refractivity (Wildman–Crippen MR) is 48.2 cm³/mol. The van der Waals surface area contributed by atoms with Gasteiger partial charge in [0.15, 0.2) is 5.60 Å². The third-order valence-electron chi connectivity index (χ3n) is 2.14. The van der Waals surface area contributed by atoms with Gasteiger partial charge in [0.25, 0.3) is 0 Å². The first kappa shape index (κ1) is 10.5. The van der Waals surface area contributed by atoms with Crippen molar-refractivity contribution in [3.63, 3.8) is 0 Å². The number of carbonyl (C=O) groups is 1. The number of nitrogens with two attached hydrogens (primary N) is 1. The molecule has 4 nitrogen and oxygen atoms in total. The number of carbonyl (C=O) groups excluding carboxylic acids is 1. The van der Waals surface area contributed by atoms with Crippen molar-refractivity contribution in [1.82, 2.24) is 0 Å². The Hall–Kier alpha value is -0.610. The average molecular weight is 187 g/mol. The smallest absolute Gasteiger partial charge is 0.340 e. The van der Waals surface area contributed by atoms with Crippen molar-refractivity contribution < 1.29 is 14.3 Å². The number of epoxide rings is 1. The highest BCUT2D eigenvalue weighted by Crippen LogP contribution is 2.31. The van der Waals surface area contributed by atoms with E-state index in [4.69, 9.17) is 15.2 Å². The number of ether oxygens (including phenoxy) is 2. The Kier molecular flexibility index (Phi) is 3.69. The van der Waals surface area contributed by atoms with Crippen molar-refractivity contribution >= 4 is 5.97 Å². The van der Waals surface area contributed by atoms with Crippen molar-refractivity contribution in [2.45, 2.75) is 31.8 Å². The van der Waals surface area contributed by atoms with Crippen LogP contribution in [0.4, 0.5) is 0 Å². The Morgan fingerprint density at radius 3 is 2.85 bits per heavy atom. The van der Waals surface area contributed by atoms with Crippen LogP contribution in [0.2, 0.25) is 0 Å². The highest BCUT2D eigenvalue weighted by Gasteiger charge is 2.52. The quantitative estimate of drug-likeness (QED) is 0.372. The fraction of sp³-hybridized carbons (Fsp3) is 0.889. The second-order valence-corrected chi connectivity index (χ2v) is 3.31. The van der Waals surface area contributed by atoms with E-state index in [-0.39, 0.29) is 5.97 Å². The largest absolute Gasteiger partial charge is 0.463 e. The van der Waals surface area contributed by atoms with E-state index in [0.29, 0.717) is 26.2 Å². The maximum Gasteiger partial charge on any atom is 0.340 e. The van der Waals surface area contributed by atoms with Crippen LogP contribution < -0.4 is 5.73 Å². The van der Waals surface area contributed by atoms with Crippen LogP contribution in [-0.4, -0.2) is 31.3 Å². The fourth-order valence-electron chi connectivity index (χ4n) is 1.13. The van der Waals surface area contributed by atoms with Crippen LogP contribution in [0.5, 0.6) is 0 Å². The van der Waals surface area contributed by atoms with Gasteiger partial charge in [-0.3, -0.25) is 0 Å². The lowest BCUT2D eigenvalue weighted by atomic mass is 10.1. The van der Waals surface area contributed by atoms with Gasteiger partial charge in [-0.2, -0.15) is 0 Å². The predicted octanol–water partition coefficient (Wildman–Crippen LogP) is 0.448. The lowest BCUT2D eigenvalue weighted by molar-refractivity contribution is -0.150. The molecule has 2 N–H and O–H groups in total. The molecule has 0 amide bonds. The van der Waals surface area contributed by atoms with Crippen molar-refractivity contribution in [2.75, 3.05) is 19.8 Å². The summed E-state index contributed by atoms with van der Waals surface area (Å²) in [7, 11) is 0. The first-order valence-corrected chi connectivity index (χ1v) is 4.76. The molecule has 0 saturated carbocycles. The zero-order valence-electron chi connectivity index (χ0n) is 8.04. The summed E-state index contributed by atoms with van der Waals surface area (Å²) >= 11 is 0. The van der Waals surface area contributed by atoms with Gasteiger partial charge in [-0.25, -0.2) is 4.79 Å². The van der Waals surface area contributed by atoms with Gasteiger partial charge in [-0.05, 0) is 13.0 Å². The minimum atomic E-state index is -0.678. The number of unbranched alkanes of at least 4 members (excludes halogenated alkanes) is 1. The highest BCUT2D eigenvalue weighted by atomic mass is 16.6. The normalized spacial score (nSPS) is 25.7. The van der Waals surface area contributed by atoms with Gasteiger partial charge in [0.1, 0.15) is 0 Å². The molecule has 0 spiro atoms. The van der Waals surface area contributed by atoms with Crippen molar-refractivity contribution in [2.24, 2.45) is 5.73 Å². The van der Waals surface area contributed by atoms with Crippen molar-refractivity contribution in [3.05, 3.63) is 0 Å². The molecular weight excluding hydrogens is 170 g/mol. The molecule has 0 aliphatic carbocycles. The van der Waals surface area contributed by atoms with E-state index in [1.54, 1.807) is 0 Å². The molecule has 13 heavy (non-hydrogen) atoms. The summed E-state index contributed by atoms with van der Waals surface area (Å²) in [6.45, 7) is 3.47. The SMILES string of the molecule is CCCCOC(=O)[C@@]1(CCN)CO1. The van der Waals surface area contributed by atoms with Gasteiger partial charge >= 0.3 is 5.97 Å². The Morgan fingerprint density at radius 2 is 2.38 bits per heavy atom. The zero-order valence-corrected chi connectivity index (χ0v) is 8.04. The molecule has 1 saturated heterocycles. The minimum Gasteiger partial charge on any atom is -0.463 e. The summed E-state index contributed by atoms with van der Waals surface area (Å²) in [5.41, 5.74) is 4.68. The van der Waals surface area contributed by atoms with Crippen LogP contribution in [-0.2, 0) is 14.3 Å². The fourth-order valence-corrected chi connectivity index (χ4v) is 1.13. The Balaban J connectivity index is 2.22. The Morgan fingerprint density at radius 1 is 1.69 bits per heavy atom. The first-order chi connectivity index (χ1) is 6.25. The number of hydrogen-bond donors (Lipinski definition) is 1. The molecule has 0 aromatic carbocycles. The minimum absolute atomic E-state index is 0.244. The van der Waals surface area contributed by atoms with E-state index < -0.39 is 5.60 Å². The number of esters is 1. The molecule has 0 aromatic rings. The maximum atomic E-state index is 11.4. The molecule has 0 aromatic heterocycles.